The number of carboxylic acids is 1. The number of ether oxygens (including phenoxy) is 1. The third-order valence-electron chi connectivity index (χ3n) is 4.75. The van der Waals surface area contributed by atoms with Crippen molar-refractivity contribution in [1.29, 1.82) is 0 Å². The van der Waals surface area contributed by atoms with Crippen molar-refractivity contribution in [3.05, 3.63) is 11.8 Å². The van der Waals surface area contributed by atoms with Gasteiger partial charge in [-0.3, -0.25) is 4.79 Å². The van der Waals surface area contributed by atoms with Gasteiger partial charge in [0, 0.05) is 6.42 Å². The summed E-state index contributed by atoms with van der Waals surface area (Å²) in [5.74, 6) is 0.653. The maximum atomic E-state index is 11.1. The zero-order valence-corrected chi connectivity index (χ0v) is 12.4. The fraction of sp³-hybridized carbons (Fsp3) is 0.800. The van der Waals surface area contributed by atoms with E-state index in [0.717, 1.165) is 32.1 Å². The van der Waals surface area contributed by atoms with Crippen LogP contribution in [0.2, 0.25) is 0 Å². The van der Waals surface area contributed by atoms with Crippen LogP contribution in [0.1, 0.15) is 63.1 Å². The van der Waals surface area contributed by atoms with E-state index >= 15 is 0 Å². The normalized spacial score (nSPS) is 28.0. The molecule has 6 nitrogen and oxygen atoms in total. The first kappa shape index (κ1) is 14.5. The van der Waals surface area contributed by atoms with Gasteiger partial charge in [-0.25, -0.2) is 0 Å². The van der Waals surface area contributed by atoms with Gasteiger partial charge in [0.25, 0.3) is 0 Å². The van der Waals surface area contributed by atoms with E-state index in [2.05, 4.69) is 10.2 Å². The zero-order chi connectivity index (χ0) is 14.9. The Hall–Kier alpha value is -1.43. The summed E-state index contributed by atoms with van der Waals surface area (Å²) in [6.45, 7) is 2.67. The molecule has 6 heteroatoms. The molecule has 1 N–H and O–H groups in total. The Bertz CT molecular complexity index is 508. The lowest BCUT2D eigenvalue weighted by Gasteiger charge is -2.24. The molecule has 0 radical (unpaired) electrons. The maximum Gasteiger partial charge on any atom is 0.303 e. The molecule has 1 aromatic rings. The molecule has 21 heavy (non-hydrogen) atoms. The molecule has 3 rings (SSSR count). The summed E-state index contributed by atoms with van der Waals surface area (Å²) in [7, 11) is 0. The second-order valence-corrected chi connectivity index (χ2v) is 6.57. The molecule has 1 aliphatic carbocycles. The summed E-state index contributed by atoms with van der Waals surface area (Å²) in [5, 5.41) is 17.4. The number of carbonyl (C=O) groups is 1. The van der Waals surface area contributed by atoms with Crippen LogP contribution < -0.4 is 0 Å². The molecular formula is C15H22N2O4. The molecule has 1 aliphatic heterocycles. The molecule has 0 spiro atoms. The van der Waals surface area contributed by atoms with Crippen molar-refractivity contribution in [2.24, 2.45) is 5.41 Å². The molecule has 2 atom stereocenters. The predicted molar refractivity (Wildman–Crippen MR) is 73.9 cm³/mol. The van der Waals surface area contributed by atoms with E-state index in [1.54, 1.807) is 0 Å². The Morgan fingerprint density at radius 2 is 2.14 bits per heavy atom. The number of nitrogens with zero attached hydrogens (tertiary/aromatic N) is 2. The van der Waals surface area contributed by atoms with Gasteiger partial charge in [0.2, 0.25) is 11.8 Å². The number of rotatable bonds is 5. The monoisotopic (exact) mass is 294 g/mol. The highest BCUT2D eigenvalue weighted by molar-refractivity contribution is 5.67. The van der Waals surface area contributed by atoms with E-state index in [0.29, 0.717) is 24.8 Å². The minimum atomic E-state index is -0.741. The Morgan fingerprint density at radius 3 is 2.76 bits per heavy atom. The largest absolute Gasteiger partial charge is 0.481 e. The van der Waals surface area contributed by atoms with Gasteiger partial charge < -0.3 is 14.3 Å². The molecule has 2 heterocycles. The highest BCUT2D eigenvalue weighted by Gasteiger charge is 2.38. The van der Waals surface area contributed by atoms with Crippen molar-refractivity contribution in [3.8, 4) is 0 Å². The van der Waals surface area contributed by atoms with Crippen molar-refractivity contribution in [2.45, 2.75) is 63.9 Å². The lowest BCUT2D eigenvalue weighted by Crippen LogP contribution is -2.24. The van der Waals surface area contributed by atoms with Crippen LogP contribution in [-0.4, -0.2) is 34.0 Å². The van der Waals surface area contributed by atoms with Crippen LogP contribution in [0.15, 0.2) is 4.42 Å². The van der Waals surface area contributed by atoms with Crippen molar-refractivity contribution < 1.29 is 19.1 Å². The predicted octanol–water partition coefficient (Wildman–Crippen LogP) is 2.54. The highest BCUT2D eigenvalue weighted by Crippen LogP contribution is 2.43. The third-order valence-corrected chi connectivity index (χ3v) is 4.75. The van der Waals surface area contributed by atoms with E-state index < -0.39 is 5.97 Å². The Morgan fingerprint density at radius 1 is 1.38 bits per heavy atom. The number of hydrogen-bond donors (Lipinski definition) is 1. The minimum Gasteiger partial charge on any atom is -0.481 e. The smallest absolute Gasteiger partial charge is 0.303 e. The van der Waals surface area contributed by atoms with Gasteiger partial charge in [0.05, 0.1) is 25.0 Å². The van der Waals surface area contributed by atoms with Crippen LogP contribution in [0.4, 0.5) is 0 Å². The highest BCUT2D eigenvalue weighted by atomic mass is 16.5. The van der Waals surface area contributed by atoms with E-state index in [1.807, 2.05) is 6.92 Å². The topological polar surface area (TPSA) is 85.5 Å². The van der Waals surface area contributed by atoms with Crippen molar-refractivity contribution in [3.63, 3.8) is 0 Å². The van der Waals surface area contributed by atoms with E-state index in [9.17, 15) is 4.79 Å². The molecule has 0 aromatic carbocycles. The van der Waals surface area contributed by atoms with E-state index in [-0.39, 0.29) is 23.9 Å². The average molecular weight is 294 g/mol. The van der Waals surface area contributed by atoms with E-state index in [4.69, 9.17) is 14.3 Å². The quantitative estimate of drug-likeness (QED) is 0.898. The molecule has 1 saturated carbocycles. The summed E-state index contributed by atoms with van der Waals surface area (Å²) >= 11 is 0. The third kappa shape index (κ3) is 3.26. The first-order valence-corrected chi connectivity index (χ1v) is 7.72. The Kier molecular flexibility index (Phi) is 3.97. The summed E-state index contributed by atoms with van der Waals surface area (Å²) < 4.78 is 11.3. The van der Waals surface area contributed by atoms with Crippen molar-refractivity contribution in [1.82, 2.24) is 10.2 Å². The van der Waals surface area contributed by atoms with Crippen LogP contribution in [-0.2, 0) is 16.0 Å². The summed E-state index contributed by atoms with van der Waals surface area (Å²) in [4.78, 5) is 11.1. The number of aromatic nitrogens is 2. The summed E-state index contributed by atoms with van der Waals surface area (Å²) in [6, 6.07) is 0. The Balaban J connectivity index is 1.69. The second-order valence-electron chi connectivity index (χ2n) is 6.57. The Labute approximate surface area is 123 Å². The lowest BCUT2D eigenvalue weighted by atomic mass is 9.79. The first-order chi connectivity index (χ1) is 10.1. The molecule has 0 bridgehead atoms. The minimum absolute atomic E-state index is 0.181. The van der Waals surface area contributed by atoms with Gasteiger partial charge >= 0.3 is 5.97 Å². The molecule has 2 aliphatic rings. The average Bonchev–Trinajstić information content (AvgIpc) is 3.11. The summed E-state index contributed by atoms with van der Waals surface area (Å²) in [6.07, 6.45) is 5.94. The first-order valence-electron chi connectivity index (χ1n) is 7.72. The van der Waals surface area contributed by atoms with Crippen LogP contribution in [0.3, 0.4) is 0 Å². The zero-order valence-electron chi connectivity index (χ0n) is 12.4. The number of hydrogen-bond acceptors (Lipinski definition) is 5. The van der Waals surface area contributed by atoms with Crippen LogP contribution in [0.5, 0.6) is 0 Å². The number of aliphatic carboxylic acids is 1. The molecule has 2 fully saturated rings. The number of carboxylic acid groups (broad SMARTS) is 1. The standard InChI is InChI=1S/C15H22N2O4/c1-10-6-11(9-20-10)14-17-16-12(21-14)7-15(8-13(18)19)4-2-3-5-15/h10-11H,2-9H2,1H3,(H,18,19). The van der Waals surface area contributed by atoms with Gasteiger partial charge in [0.1, 0.15) is 0 Å². The van der Waals surface area contributed by atoms with Gasteiger partial charge in [-0.05, 0) is 31.6 Å². The fourth-order valence-corrected chi connectivity index (χ4v) is 3.67. The SMILES string of the molecule is CC1CC(c2nnc(CC3(CC(=O)O)CCCC3)o2)CO1. The summed E-state index contributed by atoms with van der Waals surface area (Å²) in [5.41, 5.74) is -0.199. The fourth-order valence-electron chi connectivity index (χ4n) is 3.67. The molecule has 2 unspecified atom stereocenters. The van der Waals surface area contributed by atoms with Gasteiger partial charge in [0.15, 0.2) is 0 Å². The van der Waals surface area contributed by atoms with Crippen molar-refractivity contribution in [2.75, 3.05) is 6.61 Å². The van der Waals surface area contributed by atoms with Gasteiger partial charge in [-0.2, -0.15) is 0 Å². The lowest BCUT2D eigenvalue weighted by molar-refractivity contribution is -0.139. The van der Waals surface area contributed by atoms with Crippen LogP contribution in [0.25, 0.3) is 0 Å². The molecule has 0 amide bonds. The molecule has 1 aromatic heterocycles. The molecule has 1 saturated heterocycles. The van der Waals surface area contributed by atoms with Crippen LogP contribution >= 0.6 is 0 Å². The molecule has 116 valence electrons. The van der Waals surface area contributed by atoms with Gasteiger partial charge in [-0.1, -0.05) is 12.8 Å². The van der Waals surface area contributed by atoms with E-state index in [1.165, 1.54) is 0 Å². The van der Waals surface area contributed by atoms with Crippen LogP contribution in [0, 0.1) is 5.41 Å². The molecular weight excluding hydrogens is 272 g/mol. The maximum absolute atomic E-state index is 11.1. The van der Waals surface area contributed by atoms with Crippen molar-refractivity contribution >= 4 is 5.97 Å². The van der Waals surface area contributed by atoms with Gasteiger partial charge in [-0.15, -0.1) is 10.2 Å². The second kappa shape index (κ2) is 5.75.